The molecule has 0 saturated carbocycles. The number of hydrogen-bond donors (Lipinski definition) is 2. The summed E-state index contributed by atoms with van der Waals surface area (Å²) in [6, 6.07) is 1.81. The van der Waals surface area contributed by atoms with Crippen molar-refractivity contribution in [1.82, 2.24) is 4.90 Å². The van der Waals surface area contributed by atoms with E-state index < -0.39 is 22.8 Å². The van der Waals surface area contributed by atoms with Crippen molar-refractivity contribution >= 4 is 23.3 Å². The summed E-state index contributed by atoms with van der Waals surface area (Å²) in [7, 11) is 0. The van der Waals surface area contributed by atoms with E-state index in [-0.39, 0.29) is 30.5 Å². The van der Waals surface area contributed by atoms with Gasteiger partial charge in [-0.15, -0.1) is 0 Å². The number of carbonyl (C=O) groups excluding carboxylic acids is 1. The number of benzene rings is 1. The largest absolute Gasteiger partial charge is 0.480 e. The summed E-state index contributed by atoms with van der Waals surface area (Å²) < 4.78 is 10.2. The highest BCUT2D eigenvalue weighted by Gasteiger charge is 2.32. The van der Waals surface area contributed by atoms with E-state index in [0.717, 1.165) is 0 Å². The first kappa shape index (κ1) is 16.0. The van der Waals surface area contributed by atoms with Gasteiger partial charge in [-0.2, -0.15) is 0 Å². The number of carboxylic acid groups (broad SMARTS) is 1. The lowest BCUT2D eigenvalue weighted by Crippen LogP contribution is -2.40. The molecule has 1 saturated heterocycles. The minimum Gasteiger partial charge on any atom is -0.480 e. The van der Waals surface area contributed by atoms with Crippen LogP contribution in [0.15, 0.2) is 12.1 Å². The molecular weight excluding hydrogens is 322 g/mol. The van der Waals surface area contributed by atoms with Gasteiger partial charge in [-0.25, -0.2) is 0 Å². The molecule has 2 aliphatic rings. The van der Waals surface area contributed by atoms with Gasteiger partial charge in [0.2, 0.25) is 12.7 Å². The third kappa shape index (κ3) is 3.08. The second-order valence-corrected chi connectivity index (χ2v) is 5.49. The van der Waals surface area contributed by atoms with Crippen molar-refractivity contribution in [3.8, 4) is 11.5 Å². The van der Waals surface area contributed by atoms with E-state index in [4.69, 9.17) is 14.6 Å². The van der Waals surface area contributed by atoms with Gasteiger partial charge in [-0.05, 0) is 19.4 Å². The first-order chi connectivity index (χ1) is 11.5. The number of anilines is 1. The van der Waals surface area contributed by atoms with Crippen LogP contribution in [0, 0.1) is 10.1 Å². The van der Waals surface area contributed by atoms with Crippen LogP contribution in [0.3, 0.4) is 0 Å². The molecule has 2 heterocycles. The molecule has 3 rings (SSSR count). The zero-order valence-electron chi connectivity index (χ0n) is 12.6. The maximum absolute atomic E-state index is 12.2. The molecule has 0 spiro atoms. The van der Waals surface area contributed by atoms with Crippen molar-refractivity contribution < 1.29 is 29.1 Å². The Morgan fingerprint density at radius 2 is 2.08 bits per heavy atom. The number of aliphatic carboxylic acids is 1. The van der Waals surface area contributed by atoms with Crippen LogP contribution in [0.4, 0.5) is 11.4 Å². The molecule has 0 bridgehead atoms. The van der Waals surface area contributed by atoms with E-state index >= 15 is 0 Å². The minimum atomic E-state index is -0.977. The molecule has 2 aliphatic heterocycles. The summed E-state index contributed by atoms with van der Waals surface area (Å²) in [5.41, 5.74) is -0.330. The van der Waals surface area contributed by atoms with Crippen LogP contribution in [0.25, 0.3) is 0 Å². The molecule has 128 valence electrons. The molecule has 0 aliphatic carbocycles. The number of ether oxygens (including phenoxy) is 2. The van der Waals surface area contributed by atoms with Gasteiger partial charge < -0.3 is 19.9 Å². The molecule has 1 unspecified atom stereocenters. The maximum atomic E-state index is 12.2. The van der Waals surface area contributed by atoms with Crippen LogP contribution in [0.5, 0.6) is 11.5 Å². The van der Waals surface area contributed by atoms with E-state index in [1.54, 1.807) is 0 Å². The number of nitro benzene ring substituents is 1. The van der Waals surface area contributed by atoms with Crippen LogP contribution in [-0.4, -0.2) is 52.7 Å². The number of hydrogen-bond acceptors (Lipinski definition) is 7. The van der Waals surface area contributed by atoms with Gasteiger partial charge in [0.1, 0.15) is 11.7 Å². The van der Waals surface area contributed by atoms with Crippen molar-refractivity contribution in [3.63, 3.8) is 0 Å². The van der Waals surface area contributed by atoms with Gasteiger partial charge in [-0.1, -0.05) is 0 Å². The summed E-state index contributed by atoms with van der Waals surface area (Å²) in [5.74, 6) is -0.954. The number of nitro groups is 1. The molecule has 1 atom stereocenters. The Morgan fingerprint density at radius 3 is 2.75 bits per heavy atom. The van der Waals surface area contributed by atoms with Crippen LogP contribution in [0.1, 0.15) is 12.8 Å². The molecule has 0 aromatic heterocycles. The fraction of sp³-hybridized carbons (Fsp3) is 0.429. The molecule has 24 heavy (non-hydrogen) atoms. The molecule has 10 nitrogen and oxygen atoms in total. The van der Waals surface area contributed by atoms with Gasteiger partial charge in [0.15, 0.2) is 11.5 Å². The van der Waals surface area contributed by atoms with E-state index in [1.165, 1.54) is 17.0 Å². The summed E-state index contributed by atoms with van der Waals surface area (Å²) in [4.78, 5) is 35.4. The average molecular weight is 337 g/mol. The summed E-state index contributed by atoms with van der Waals surface area (Å²) in [6.07, 6.45) is 1.17. The van der Waals surface area contributed by atoms with Gasteiger partial charge in [-0.3, -0.25) is 24.6 Å². The lowest BCUT2D eigenvalue weighted by Gasteiger charge is -2.20. The molecule has 1 aromatic rings. The quantitative estimate of drug-likeness (QED) is 0.596. The second-order valence-electron chi connectivity index (χ2n) is 5.49. The molecule has 1 amide bonds. The minimum absolute atomic E-state index is 0.0136. The highest BCUT2D eigenvalue weighted by atomic mass is 16.7. The highest BCUT2D eigenvalue weighted by Crippen LogP contribution is 2.40. The van der Waals surface area contributed by atoms with E-state index in [0.29, 0.717) is 25.1 Å². The van der Waals surface area contributed by atoms with E-state index in [9.17, 15) is 19.7 Å². The Kier molecular flexibility index (Phi) is 4.21. The first-order valence-corrected chi connectivity index (χ1v) is 7.30. The molecule has 1 fully saturated rings. The smallest absolute Gasteiger partial charge is 0.320 e. The van der Waals surface area contributed by atoms with Crippen molar-refractivity contribution in [3.05, 3.63) is 22.2 Å². The van der Waals surface area contributed by atoms with Crippen LogP contribution >= 0.6 is 0 Å². The Morgan fingerprint density at radius 1 is 1.38 bits per heavy atom. The SMILES string of the molecule is O=C(CN1CCCC1C(=O)O)Nc1cc2c(cc1[N+](=O)[O-])OCO2. The highest BCUT2D eigenvalue weighted by molar-refractivity contribution is 5.95. The summed E-state index contributed by atoms with van der Waals surface area (Å²) in [6.45, 7) is 0.300. The third-order valence-electron chi connectivity index (χ3n) is 3.96. The van der Waals surface area contributed by atoms with Crippen molar-refractivity contribution in [2.75, 3.05) is 25.2 Å². The van der Waals surface area contributed by atoms with Crippen LogP contribution in [-0.2, 0) is 9.59 Å². The van der Waals surface area contributed by atoms with Gasteiger partial charge >= 0.3 is 5.97 Å². The fourth-order valence-electron chi connectivity index (χ4n) is 2.85. The number of fused-ring (bicyclic) bond motifs is 1. The predicted octanol–water partition coefficient (Wildman–Crippen LogP) is 0.811. The van der Waals surface area contributed by atoms with Gasteiger partial charge in [0, 0.05) is 6.07 Å². The van der Waals surface area contributed by atoms with Crippen LogP contribution < -0.4 is 14.8 Å². The number of nitrogens with zero attached hydrogens (tertiary/aromatic N) is 2. The predicted molar refractivity (Wildman–Crippen MR) is 80.1 cm³/mol. The molecule has 1 aromatic carbocycles. The zero-order valence-corrected chi connectivity index (χ0v) is 12.6. The Balaban J connectivity index is 1.74. The number of rotatable bonds is 5. The van der Waals surface area contributed by atoms with E-state index in [1.807, 2.05) is 0 Å². The van der Waals surface area contributed by atoms with Crippen molar-refractivity contribution in [1.29, 1.82) is 0 Å². The molecule has 10 heteroatoms. The first-order valence-electron chi connectivity index (χ1n) is 7.30. The average Bonchev–Trinajstić information content (AvgIpc) is 3.14. The topological polar surface area (TPSA) is 131 Å². The third-order valence-corrected chi connectivity index (χ3v) is 3.96. The van der Waals surface area contributed by atoms with Crippen molar-refractivity contribution in [2.24, 2.45) is 0 Å². The number of amides is 1. The van der Waals surface area contributed by atoms with Crippen molar-refractivity contribution in [2.45, 2.75) is 18.9 Å². The monoisotopic (exact) mass is 337 g/mol. The second kappa shape index (κ2) is 6.32. The Labute approximate surface area is 136 Å². The molecular formula is C14H15N3O7. The zero-order chi connectivity index (χ0) is 17.3. The Hall–Kier alpha value is -2.88. The number of carboxylic acids is 1. The summed E-state index contributed by atoms with van der Waals surface area (Å²) >= 11 is 0. The standard InChI is InChI=1S/C14H15N3O7/c18-13(6-16-3-1-2-9(16)14(19)20)15-8-4-11-12(24-7-23-11)5-10(8)17(21)22/h4-5,9H,1-3,6-7H2,(H,15,18)(H,19,20). The van der Waals surface area contributed by atoms with E-state index in [2.05, 4.69) is 5.32 Å². The number of carbonyl (C=O) groups is 2. The van der Waals surface area contributed by atoms with Gasteiger partial charge in [0.05, 0.1) is 17.5 Å². The fourth-order valence-corrected chi connectivity index (χ4v) is 2.85. The van der Waals surface area contributed by atoms with Crippen LogP contribution in [0.2, 0.25) is 0 Å². The number of nitrogens with one attached hydrogen (secondary N) is 1. The summed E-state index contributed by atoms with van der Waals surface area (Å²) in [5, 5.41) is 22.7. The Bertz CT molecular complexity index is 706. The van der Waals surface area contributed by atoms with Gasteiger partial charge in [0.25, 0.3) is 5.69 Å². The lowest BCUT2D eigenvalue weighted by molar-refractivity contribution is -0.384. The molecule has 0 radical (unpaired) electrons. The normalized spacial score (nSPS) is 19.2. The maximum Gasteiger partial charge on any atom is 0.320 e. The molecule has 2 N–H and O–H groups in total. The number of likely N-dealkylation sites (tertiary alicyclic amines) is 1. The lowest BCUT2D eigenvalue weighted by atomic mass is 10.2.